The summed E-state index contributed by atoms with van der Waals surface area (Å²) in [4.78, 5) is 24.7. The molecule has 1 unspecified atom stereocenters. The Labute approximate surface area is 188 Å². The molecular formula is C27H25NO4. The quantitative estimate of drug-likeness (QED) is 0.289. The molecule has 3 aromatic carbocycles. The van der Waals surface area contributed by atoms with Gasteiger partial charge in [0.25, 0.3) is 0 Å². The van der Waals surface area contributed by atoms with Crippen molar-refractivity contribution in [3.05, 3.63) is 120 Å². The number of hydrogen-bond donors (Lipinski definition) is 1. The van der Waals surface area contributed by atoms with Crippen molar-refractivity contribution < 1.29 is 19.1 Å². The fraction of sp³-hybridized carbons (Fsp3) is 0.111. The van der Waals surface area contributed by atoms with Crippen LogP contribution >= 0.6 is 0 Å². The van der Waals surface area contributed by atoms with Gasteiger partial charge in [-0.15, -0.1) is 0 Å². The molecule has 0 spiro atoms. The summed E-state index contributed by atoms with van der Waals surface area (Å²) in [7, 11) is 0. The predicted molar refractivity (Wildman–Crippen MR) is 125 cm³/mol. The summed E-state index contributed by atoms with van der Waals surface area (Å²) in [6.45, 7) is 1.67. The minimum atomic E-state index is -0.886. The summed E-state index contributed by atoms with van der Waals surface area (Å²) >= 11 is 0. The van der Waals surface area contributed by atoms with Crippen LogP contribution in [0.4, 0.5) is 4.79 Å². The normalized spacial score (nSPS) is 12.2. The maximum Gasteiger partial charge on any atom is 0.408 e. The molecule has 0 fully saturated rings. The first-order valence-corrected chi connectivity index (χ1v) is 10.3. The fourth-order valence-corrected chi connectivity index (χ4v) is 2.80. The minimum absolute atomic E-state index is 0.119. The highest BCUT2D eigenvalue weighted by Crippen LogP contribution is 2.17. The SMILES string of the molecule is CC(NC(=O)OCc1ccccc1)C(=O)O/C(=C/C=C/c1ccccc1)c1ccccc1. The topological polar surface area (TPSA) is 64.6 Å². The molecule has 32 heavy (non-hydrogen) atoms. The third-order valence-corrected chi connectivity index (χ3v) is 4.51. The van der Waals surface area contributed by atoms with Gasteiger partial charge in [-0.2, -0.15) is 0 Å². The lowest BCUT2D eigenvalue weighted by Gasteiger charge is -2.15. The number of carbonyl (C=O) groups excluding carboxylic acids is 2. The van der Waals surface area contributed by atoms with Crippen LogP contribution in [0.3, 0.4) is 0 Å². The second-order valence-electron chi connectivity index (χ2n) is 7.02. The van der Waals surface area contributed by atoms with E-state index >= 15 is 0 Å². The molecule has 0 radical (unpaired) electrons. The van der Waals surface area contributed by atoms with E-state index in [4.69, 9.17) is 9.47 Å². The van der Waals surface area contributed by atoms with Crippen molar-refractivity contribution in [3.8, 4) is 0 Å². The number of allylic oxidation sites excluding steroid dienone is 2. The van der Waals surface area contributed by atoms with Crippen LogP contribution in [-0.4, -0.2) is 18.1 Å². The number of ether oxygens (including phenoxy) is 2. The Morgan fingerprint density at radius 2 is 1.47 bits per heavy atom. The van der Waals surface area contributed by atoms with E-state index in [1.807, 2.05) is 103 Å². The minimum Gasteiger partial charge on any atom is -0.445 e. The lowest BCUT2D eigenvalue weighted by molar-refractivity contribution is -0.138. The van der Waals surface area contributed by atoms with Gasteiger partial charge in [-0.25, -0.2) is 9.59 Å². The van der Waals surface area contributed by atoms with E-state index in [-0.39, 0.29) is 6.61 Å². The van der Waals surface area contributed by atoms with Crippen LogP contribution in [0.2, 0.25) is 0 Å². The van der Waals surface area contributed by atoms with Crippen LogP contribution in [0, 0.1) is 0 Å². The molecule has 0 saturated carbocycles. The van der Waals surface area contributed by atoms with Crippen molar-refractivity contribution in [2.24, 2.45) is 0 Å². The molecule has 1 N–H and O–H groups in total. The van der Waals surface area contributed by atoms with E-state index in [0.29, 0.717) is 5.76 Å². The molecule has 0 aliphatic rings. The first-order chi connectivity index (χ1) is 15.6. The van der Waals surface area contributed by atoms with Gasteiger partial charge in [-0.1, -0.05) is 103 Å². The van der Waals surface area contributed by atoms with E-state index in [1.165, 1.54) is 0 Å². The Kier molecular flexibility index (Phi) is 8.40. The average Bonchev–Trinajstić information content (AvgIpc) is 2.84. The number of esters is 1. The molecule has 0 bridgehead atoms. The lowest BCUT2D eigenvalue weighted by atomic mass is 10.1. The fourth-order valence-electron chi connectivity index (χ4n) is 2.80. The van der Waals surface area contributed by atoms with Crippen molar-refractivity contribution in [1.29, 1.82) is 0 Å². The van der Waals surface area contributed by atoms with E-state index in [9.17, 15) is 9.59 Å². The molecule has 0 aliphatic heterocycles. The van der Waals surface area contributed by atoms with Crippen molar-refractivity contribution in [2.45, 2.75) is 19.6 Å². The third-order valence-electron chi connectivity index (χ3n) is 4.51. The molecule has 0 aliphatic carbocycles. The molecule has 3 rings (SSSR count). The van der Waals surface area contributed by atoms with Crippen molar-refractivity contribution in [1.82, 2.24) is 5.32 Å². The second-order valence-corrected chi connectivity index (χ2v) is 7.02. The van der Waals surface area contributed by atoms with Gasteiger partial charge < -0.3 is 14.8 Å². The number of hydrogen-bond acceptors (Lipinski definition) is 4. The first-order valence-electron chi connectivity index (χ1n) is 10.3. The highest BCUT2D eigenvalue weighted by atomic mass is 16.6. The smallest absolute Gasteiger partial charge is 0.408 e. The van der Waals surface area contributed by atoms with Gasteiger partial charge in [-0.3, -0.25) is 0 Å². The molecule has 1 atom stereocenters. The maximum absolute atomic E-state index is 12.6. The lowest BCUT2D eigenvalue weighted by Crippen LogP contribution is -2.39. The molecule has 0 heterocycles. The zero-order valence-electron chi connectivity index (χ0n) is 17.8. The zero-order valence-corrected chi connectivity index (χ0v) is 17.8. The molecule has 3 aromatic rings. The Hall–Kier alpha value is -4.12. The van der Waals surface area contributed by atoms with E-state index < -0.39 is 18.1 Å². The highest BCUT2D eigenvalue weighted by Gasteiger charge is 2.20. The Morgan fingerprint density at radius 3 is 2.12 bits per heavy atom. The standard InChI is InChI=1S/C27H25NO4/c1-21(28-27(30)31-20-23-14-7-3-8-15-23)26(29)32-25(24-17-9-4-10-18-24)19-11-16-22-12-5-2-6-13-22/h2-19,21H,20H2,1H3,(H,28,30)/b16-11+,25-19+. The zero-order chi connectivity index (χ0) is 22.6. The molecular weight excluding hydrogens is 402 g/mol. The van der Waals surface area contributed by atoms with Crippen molar-refractivity contribution in [2.75, 3.05) is 0 Å². The predicted octanol–water partition coefficient (Wildman–Crippen LogP) is 5.60. The van der Waals surface area contributed by atoms with Gasteiger partial charge in [0.05, 0.1) is 0 Å². The first kappa shape index (κ1) is 22.6. The number of rotatable bonds is 8. The van der Waals surface area contributed by atoms with Gasteiger partial charge in [0.15, 0.2) is 0 Å². The van der Waals surface area contributed by atoms with Gasteiger partial charge >= 0.3 is 12.1 Å². The molecule has 0 aromatic heterocycles. The van der Waals surface area contributed by atoms with Crippen LogP contribution in [0.15, 0.2) is 103 Å². The number of alkyl carbamates (subject to hydrolysis) is 1. The summed E-state index contributed by atoms with van der Waals surface area (Å²) in [5, 5.41) is 2.51. The summed E-state index contributed by atoms with van der Waals surface area (Å²) < 4.78 is 10.8. The van der Waals surface area contributed by atoms with Gasteiger partial charge in [0.2, 0.25) is 0 Å². The molecule has 0 saturated heterocycles. The van der Waals surface area contributed by atoms with Crippen LogP contribution in [0.1, 0.15) is 23.6 Å². The monoisotopic (exact) mass is 427 g/mol. The third kappa shape index (κ3) is 7.29. The number of carbonyl (C=O) groups is 2. The number of amides is 1. The van der Waals surface area contributed by atoms with E-state index in [2.05, 4.69) is 5.32 Å². The van der Waals surface area contributed by atoms with E-state index in [0.717, 1.165) is 16.7 Å². The molecule has 1 amide bonds. The Balaban J connectivity index is 1.61. The van der Waals surface area contributed by atoms with E-state index in [1.54, 1.807) is 13.0 Å². The number of benzene rings is 3. The molecule has 5 heteroatoms. The maximum atomic E-state index is 12.6. The van der Waals surface area contributed by atoms with Gasteiger partial charge in [-0.05, 0) is 24.1 Å². The molecule has 5 nitrogen and oxygen atoms in total. The summed E-state index contributed by atoms with van der Waals surface area (Å²) in [5.74, 6) is -0.209. The van der Waals surface area contributed by atoms with Crippen LogP contribution in [0.25, 0.3) is 11.8 Å². The van der Waals surface area contributed by atoms with Crippen molar-refractivity contribution in [3.63, 3.8) is 0 Å². The van der Waals surface area contributed by atoms with Crippen LogP contribution < -0.4 is 5.32 Å². The second kappa shape index (κ2) is 11.9. The molecule has 162 valence electrons. The highest BCUT2D eigenvalue weighted by molar-refractivity contribution is 5.85. The van der Waals surface area contributed by atoms with Crippen molar-refractivity contribution >= 4 is 23.9 Å². The summed E-state index contributed by atoms with van der Waals surface area (Å²) in [6.07, 6.45) is 4.77. The summed E-state index contributed by atoms with van der Waals surface area (Å²) in [6, 6.07) is 27.5. The number of nitrogens with one attached hydrogen (secondary N) is 1. The Bertz CT molecular complexity index is 1060. The van der Waals surface area contributed by atoms with Crippen LogP contribution in [-0.2, 0) is 20.9 Å². The summed E-state index contributed by atoms with van der Waals surface area (Å²) in [5.41, 5.74) is 2.63. The average molecular weight is 428 g/mol. The largest absolute Gasteiger partial charge is 0.445 e. The Morgan fingerprint density at radius 1 is 0.875 bits per heavy atom. The van der Waals surface area contributed by atoms with Crippen LogP contribution in [0.5, 0.6) is 0 Å². The van der Waals surface area contributed by atoms with Gasteiger partial charge in [0, 0.05) is 5.56 Å². The van der Waals surface area contributed by atoms with Gasteiger partial charge in [0.1, 0.15) is 18.4 Å².